The second-order valence-corrected chi connectivity index (χ2v) is 4.54. The van der Waals surface area contributed by atoms with E-state index in [1.807, 2.05) is 0 Å². The number of aliphatic hydroxyl groups is 1. The van der Waals surface area contributed by atoms with E-state index in [4.69, 9.17) is 9.29 Å². The first-order valence-electron chi connectivity index (χ1n) is 4.19. The molecule has 0 saturated heterocycles. The van der Waals surface area contributed by atoms with Gasteiger partial charge in [0.2, 0.25) is 0 Å². The van der Waals surface area contributed by atoms with Gasteiger partial charge in [0.25, 0.3) is 10.1 Å². The highest BCUT2D eigenvalue weighted by Crippen LogP contribution is 2.19. The third-order valence-corrected chi connectivity index (χ3v) is 2.58. The second kappa shape index (κ2) is 4.61. The van der Waals surface area contributed by atoms with E-state index in [1.54, 1.807) is 18.2 Å². The molecule has 0 aliphatic heterocycles. The summed E-state index contributed by atoms with van der Waals surface area (Å²) in [6, 6.07) is 6.36. The van der Waals surface area contributed by atoms with E-state index in [0.717, 1.165) is 0 Å². The van der Waals surface area contributed by atoms with Crippen LogP contribution in [0.2, 0.25) is 0 Å². The molecule has 1 atom stereocenters. The van der Waals surface area contributed by atoms with Crippen molar-refractivity contribution in [1.29, 1.82) is 0 Å². The lowest BCUT2D eigenvalue weighted by atomic mass is 10.1. The van der Waals surface area contributed by atoms with Gasteiger partial charge in [0.1, 0.15) is 11.5 Å². The van der Waals surface area contributed by atoms with Gasteiger partial charge in [-0.15, -0.1) is 0 Å². The minimum atomic E-state index is -4.18. The fourth-order valence-electron chi connectivity index (χ4n) is 1.14. The van der Waals surface area contributed by atoms with Crippen molar-refractivity contribution in [3.63, 3.8) is 0 Å². The molecule has 1 aromatic rings. The smallest absolute Gasteiger partial charge is 0.267 e. The molecule has 0 aromatic heterocycles. The van der Waals surface area contributed by atoms with E-state index in [2.05, 4.69) is 0 Å². The SMILES string of the molecule is COc1cccc(C(O)CS(=O)(=O)O)c1. The van der Waals surface area contributed by atoms with Gasteiger partial charge in [-0.25, -0.2) is 0 Å². The predicted molar refractivity (Wildman–Crippen MR) is 54.4 cm³/mol. The van der Waals surface area contributed by atoms with Crippen molar-refractivity contribution >= 4 is 10.1 Å². The average Bonchev–Trinajstić information content (AvgIpc) is 2.15. The molecule has 1 rings (SSSR count). The summed E-state index contributed by atoms with van der Waals surface area (Å²) in [6.45, 7) is 0. The summed E-state index contributed by atoms with van der Waals surface area (Å²) in [5.41, 5.74) is 0.381. The monoisotopic (exact) mass is 232 g/mol. The molecule has 0 aliphatic rings. The van der Waals surface area contributed by atoms with Crippen LogP contribution < -0.4 is 4.74 Å². The second-order valence-electron chi connectivity index (χ2n) is 3.04. The molecular weight excluding hydrogens is 220 g/mol. The maximum Gasteiger partial charge on any atom is 0.267 e. The van der Waals surface area contributed by atoms with E-state index in [1.165, 1.54) is 13.2 Å². The fourth-order valence-corrected chi connectivity index (χ4v) is 1.74. The third kappa shape index (κ3) is 3.86. The molecule has 0 bridgehead atoms. The highest BCUT2D eigenvalue weighted by atomic mass is 32.2. The number of ether oxygens (including phenoxy) is 1. The minimum absolute atomic E-state index is 0.381. The maximum atomic E-state index is 10.5. The maximum absolute atomic E-state index is 10.5. The summed E-state index contributed by atoms with van der Waals surface area (Å²) in [5, 5.41) is 9.48. The molecule has 0 aliphatic carbocycles. The van der Waals surface area contributed by atoms with Crippen LogP contribution in [-0.4, -0.2) is 30.9 Å². The Hall–Kier alpha value is -1.11. The van der Waals surface area contributed by atoms with Crippen molar-refractivity contribution in [2.45, 2.75) is 6.10 Å². The van der Waals surface area contributed by atoms with Crippen LogP contribution >= 0.6 is 0 Å². The van der Waals surface area contributed by atoms with Crippen LogP contribution in [0, 0.1) is 0 Å². The van der Waals surface area contributed by atoms with Crippen LogP contribution in [0.15, 0.2) is 24.3 Å². The Morgan fingerprint density at radius 2 is 2.13 bits per heavy atom. The number of methoxy groups -OCH3 is 1. The molecule has 2 N–H and O–H groups in total. The summed E-state index contributed by atoms with van der Waals surface area (Å²) in [6.07, 6.45) is -1.25. The lowest BCUT2D eigenvalue weighted by molar-refractivity contribution is 0.198. The Balaban J connectivity index is 2.86. The molecule has 1 unspecified atom stereocenters. The summed E-state index contributed by atoms with van der Waals surface area (Å²) in [5.74, 6) is -0.206. The number of hydrogen-bond acceptors (Lipinski definition) is 4. The zero-order valence-corrected chi connectivity index (χ0v) is 8.94. The Kier molecular flexibility index (Phi) is 3.67. The summed E-state index contributed by atoms with van der Waals surface area (Å²) < 4.78 is 34.5. The lowest BCUT2D eigenvalue weighted by Crippen LogP contribution is -2.13. The minimum Gasteiger partial charge on any atom is -0.497 e. The standard InChI is InChI=1S/C9H12O5S/c1-14-8-4-2-3-7(5-8)9(10)6-15(11,12)13/h2-5,9-10H,6H2,1H3,(H,11,12,13). The lowest BCUT2D eigenvalue weighted by Gasteiger charge is -2.10. The Labute approximate surface area is 88.1 Å². The van der Waals surface area contributed by atoms with Crippen LogP contribution in [0.4, 0.5) is 0 Å². The van der Waals surface area contributed by atoms with Crippen LogP contribution in [0.25, 0.3) is 0 Å². The molecule has 0 heterocycles. The molecule has 0 amide bonds. The van der Waals surface area contributed by atoms with Gasteiger partial charge in [-0.2, -0.15) is 8.42 Å². The molecule has 6 heteroatoms. The van der Waals surface area contributed by atoms with Crippen LogP contribution in [0.1, 0.15) is 11.7 Å². The zero-order chi connectivity index (χ0) is 11.5. The summed E-state index contributed by atoms with van der Waals surface area (Å²) >= 11 is 0. The van der Waals surface area contributed by atoms with Crippen LogP contribution in [0.5, 0.6) is 5.75 Å². The normalized spacial score (nSPS) is 13.5. The van der Waals surface area contributed by atoms with Gasteiger partial charge in [0.05, 0.1) is 13.2 Å². The van der Waals surface area contributed by atoms with Crippen molar-refractivity contribution in [1.82, 2.24) is 0 Å². The zero-order valence-electron chi connectivity index (χ0n) is 8.12. The van der Waals surface area contributed by atoms with E-state index in [0.29, 0.717) is 11.3 Å². The number of benzene rings is 1. The molecule has 0 fully saturated rings. The van der Waals surface area contributed by atoms with Gasteiger partial charge in [0.15, 0.2) is 0 Å². The van der Waals surface area contributed by atoms with E-state index in [-0.39, 0.29) is 0 Å². The number of rotatable bonds is 4. The van der Waals surface area contributed by atoms with Crippen molar-refractivity contribution in [3.8, 4) is 5.75 Å². The molecule has 84 valence electrons. The summed E-state index contributed by atoms with van der Waals surface area (Å²) in [4.78, 5) is 0. The van der Waals surface area contributed by atoms with Gasteiger partial charge in [-0.05, 0) is 17.7 Å². The first-order valence-corrected chi connectivity index (χ1v) is 5.80. The number of hydrogen-bond donors (Lipinski definition) is 2. The van der Waals surface area contributed by atoms with Crippen molar-refractivity contribution in [2.24, 2.45) is 0 Å². The summed E-state index contributed by atoms with van der Waals surface area (Å²) in [7, 11) is -2.72. The topological polar surface area (TPSA) is 83.8 Å². The van der Waals surface area contributed by atoms with Crippen LogP contribution in [-0.2, 0) is 10.1 Å². The van der Waals surface area contributed by atoms with E-state index in [9.17, 15) is 13.5 Å². The highest BCUT2D eigenvalue weighted by molar-refractivity contribution is 7.85. The fraction of sp³-hybridized carbons (Fsp3) is 0.333. The van der Waals surface area contributed by atoms with Gasteiger partial charge in [-0.1, -0.05) is 12.1 Å². The Morgan fingerprint density at radius 1 is 1.47 bits per heavy atom. The molecule has 0 radical (unpaired) electrons. The predicted octanol–water partition coefficient (Wildman–Crippen LogP) is 0.616. The largest absolute Gasteiger partial charge is 0.497 e. The first kappa shape index (κ1) is 12.0. The first-order chi connectivity index (χ1) is 6.92. The molecule has 0 spiro atoms. The van der Waals surface area contributed by atoms with Gasteiger partial charge in [0, 0.05) is 0 Å². The van der Waals surface area contributed by atoms with Crippen molar-refractivity contribution < 1.29 is 22.8 Å². The van der Waals surface area contributed by atoms with Gasteiger partial charge >= 0.3 is 0 Å². The molecule has 5 nitrogen and oxygen atoms in total. The average molecular weight is 232 g/mol. The highest BCUT2D eigenvalue weighted by Gasteiger charge is 2.16. The molecule has 15 heavy (non-hydrogen) atoms. The molecule has 0 saturated carbocycles. The van der Waals surface area contributed by atoms with Gasteiger partial charge < -0.3 is 9.84 Å². The Bertz CT molecular complexity index is 426. The van der Waals surface area contributed by atoms with Crippen molar-refractivity contribution in [2.75, 3.05) is 12.9 Å². The number of aliphatic hydroxyl groups excluding tert-OH is 1. The van der Waals surface area contributed by atoms with E-state index >= 15 is 0 Å². The third-order valence-electron chi connectivity index (χ3n) is 1.85. The van der Waals surface area contributed by atoms with E-state index < -0.39 is 22.0 Å². The quantitative estimate of drug-likeness (QED) is 0.743. The molecular formula is C9H12O5S. The molecule has 1 aromatic carbocycles. The van der Waals surface area contributed by atoms with Gasteiger partial charge in [-0.3, -0.25) is 4.55 Å². The Morgan fingerprint density at radius 3 is 2.67 bits per heavy atom. The van der Waals surface area contributed by atoms with Crippen LogP contribution in [0.3, 0.4) is 0 Å². The van der Waals surface area contributed by atoms with Crippen molar-refractivity contribution in [3.05, 3.63) is 29.8 Å².